The fourth-order valence-corrected chi connectivity index (χ4v) is 2.22. The van der Waals surface area contributed by atoms with E-state index in [1.807, 2.05) is 0 Å². The largest absolute Gasteiger partial charge is 0.506 e. The number of benzene rings is 1. The molecule has 0 spiro atoms. The molecule has 3 nitrogen and oxygen atoms in total. The molecule has 1 aromatic rings. The van der Waals surface area contributed by atoms with Gasteiger partial charge in [0.1, 0.15) is 18.1 Å². The molecule has 0 radical (unpaired) electrons. The van der Waals surface area contributed by atoms with Crippen LogP contribution in [0.2, 0.25) is 5.02 Å². The van der Waals surface area contributed by atoms with Crippen LogP contribution in [-0.2, 0) is 0 Å². The fourth-order valence-electron chi connectivity index (χ4n) is 2.05. The van der Waals surface area contributed by atoms with E-state index >= 15 is 0 Å². The molecule has 1 aromatic carbocycles. The molecule has 0 unspecified atom stereocenters. The van der Waals surface area contributed by atoms with Crippen molar-refractivity contribution in [2.24, 2.45) is 0 Å². The minimum atomic E-state index is 0.0926. The summed E-state index contributed by atoms with van der Waals surface area (Å²) in [4.78, 5) is 2.42. The molecule has 94 valence electrons. The molecule has 1 aliphatic rings. The molecule has 1 heterocycles. The van der Waals surface area contributed by atoms with Crippen molar-refractivity contribution in [3.05, 3.63) is 23.2 Å². The maximum atomic E-state index is 9.28. The van der Waals surface area contributed by atoms with Crippen LogP contribution in [0.5, 0.6) is 11.5 Å². The Bertz CT molecular complexity index is 364. The van der Waals surface area contributed by atoms with Gasteiger partial charge in [-0.25, -0.2) is 0 Å². The zero-order chi connectivity index (χ0) is 12.1. The van der Waals surface area contributed by atoms with E-state index in [9.17, 15) is 5.11 Å². The number of hydrogen-bond donors (Lipinski definition) is 1. The second-order valence-electron chi connectivity index (χ2n) is 4.36. The molecule has 1 N–H and O–H groups in total. The van der Waals surface area contributed by atoms with Crippen LogP contribution in [0.25, 0.3) is 0 Å². The molecule has 2 rings (SSSR count). The SMILES string of the molecule is Oc1ccc(OCCN2CCCCC2)cc1Cl. The summed E-state index contributed by atoms with van der Waals surface area (Å²) in [5.74, 6) is 0.805. The van der Waals surface area contributed by atoms with Gasteiger partial charge >= 0.3 is 0 Å². The second kappa shape index (κ2) is 6.12. The van der Waals surface area contributed by atoms with E-state index in [4.69, 9.17) is 16.3 Å². The van der Waals surface area contributed by atoms with Crippen molar-refractivity contribution in [3.8, 4) is 11.5 Å². The monoisotopic (exact) mass is 255 g/mol. The maximum absolute atomic E-state index is 9.28. The van der Waals surface area contributed by atoms with E-state index in [1.165, 1.54) is 32.4 Å². The van der Waals surface area contributed by atoms with Gasteiger partial charge in [0.15, 0.2) is 0 Å². The average Bonchev–Trinajstić information content (AvgIpc) is 2.35. The number of halogens is 1. The van der Waals surface area contributed by atoms with Crippen molar-refractivity contribution >= 4 is 11.6 Å². The molecule has 1 fully saturated rings. The summed E-state index contributed by atoms with van der Waals surface area (Å²) in [6.07, 6.45) is 3.95. The highest BCUT2D eigenvalue weighted by atomic mass is 35.5. The van der Waals surface area contributed by atoms with E-state index in [1.54, 1.807) is 18.2 Å². The number of ether oxygens (including phenoxy) is 1. The van der Waals surface area contributed by atoms with Crippen molar-refractivity contribution in [3.63, 3.8) is 0 Å². The van der Waals surface area contributed by atoms with Gasteiger partial charge in [-0.15, -0.1) is 0 Å². The van der Waals surface area contributed by atoms with Crippen LogP contribution in [0, 0.1) is 0 Å². The highest BCUT2D eigenvalue weighted by Gasteiger charge is 2.09. The molecule has 0 atom stereocenters. The topological polar surface area (TPSA) is 32.7 Å². The Labute approximate surface area is 107 Å². The predicted molar refractivity (Wildman–Crippen MR) is 68.9 cm³/mol. The number of phenols is 1. The minimum absolute atomic E-state index is 0.0926. The first-order valence-electron chi connectivity index (χ1n) is 6.09. The first kappa shape index (κ1) is 12.5. The molecule has 17 heavy (non-hydrogen) atoms. The molecule has 4 heteroatoms. The predicted octanol–water partition coefficient (Wildman–Crippen LogP) is 2.91. The summed E-state index contributed by atoms with van der Waals surface area (Å²) in [6, 6.07) is 4.93. The molecule has 1 saturated heterocycles. The van der Waals surface area contributed by atoms with E-state index in [0.29, 0.717) is 17.4 Å². The number of rotatable bonds is 4. The summed E-state index contributed by atoms with van der Waals surface area (Å²) >= 11 is 5.80. The number of nitrogens with zero attached hydrogens (tertiary/aromatic N) is 1. The molecule has 0 aromatic heterocycles. The lowest BCUT2D eigenvalue weighted by Crippen LogP contribution is -2.33. The quantitative estimate of drug-likeness (QED) is 0.898. The average molecular weight is 256 g/mol. The van der Waals surface area contributed by atoms with Gasteiger partial charge in [0.05, 0.1) is 5.02 Å². The van der Waals surface area contributed by atoms with Gasteiger partial charge < -0.3 is 9.84 Å². The van der Waals surface area contributed by atoms with Crippen LogP contribution in [-0.4, -0.2) is 36.2 Å². The lowest BCUT2D eigenvalue weighted by Gasteiger charge is -2.26. The molecule has 1 aliphatic heterocycles. The number of hydrogen-bond acceptors (Lipinski definition) is 3. The highest BCUT2D eigenvalue weighted by Crippen LogP contribution is 2.27. The Balaban J connectivity index is 1.75. The van der Waals surface area contributed by atoms with Gasteiger partial charge in [-0.05, 0) is 38.1 Å². The summed E-state index contributed by atoms with van der Waals surface area (Å²) in [5, 5.41) is 9.61. The van der Waals surface area contributed by atoms with Crippen LogP contribution in [0.4, 0.5) is 0 Å². The van der Waals surface area contributed by atoms with Gasteiger partial charge in [-0.3, -0.25) is 4.90 Å². The zero-order valence-corrected chi connectivity index (χ0v) is 10.6. The molecule has 0 aliphatic carbocycles. The smallest absolute Gasteiger partial charge is 0.134 e. The van der Waals surface area contributed by atoms with Crippen molar-refractivity contribution in [2.45, 2.75) is 19.3 Å². The number of phenolic OH excluding ortho intramolecular Hbond substituents is 1. The van der Waals surface area contributed by atoms with Crippen molar-refractivity contribution < 1.29 is 9.84 Å². The number of aromatic hydroxyl groups is 1. The lowest BCUT2D eigenvalue weighted by molar-refractivity contribution is 0.183. The lowest BCUT2D eigenvalue weighted by atomic mass is 10.1. The summed E-state index contributed by atoms with van der Waals surface area (Å²) in [5.41, 5.74) is 0. The van der Waals surface area contributed by atoms with Crippen LogP contribution >= 0.6 is 11.6 Å². The number of piperidine rings is 1. The normalized spacial score (nSPS) is 17.0. The number of likely N-dealkylation sites (tertiary alicyclic amines) is 1. The van der Waals surface area contributed by atoms with Gasteiger partial charge in [0.25, 0.3) is 0 Å². The Kier molecular flexibility index (Phi) is 4.51. The third-order valence-electron chi connectivity index (χ3n) is 3.04. The molecular weight excluding hydrogens is 238 g/mol. The Morgan fingerprint density at radius 3 is 2.71 bits per heavy atom. The summed E-state index contributed by atoms with van der Waals surface area (Å²) in [6.45, 7) is 3.99. The zero-order valence-electron chi connectivity index (χ0n) is 9.86. The van der Waals surface area contributed by atoms with Gasteiger partial charge in [-0.1, -0.05) is 18.0 Å². The van der Waals surface area contributed by atoms with Crippen LogP contribution in [0.1, 0.15) is 19.3 Å². The standard InChI is InChI=1S/C13H18ClNO2/c14-12-10-11(4-5-13(12)16)17-9-8-15-6-2-1-3-7-15/h4-5,10,16H,1-3,6-9H2. The second-order valence-corrected chi connectivity index (χ2v) is 4.77. The van der Waals surface area contributed by atoms with E-state index in [0.717, 1.165) is 6.54 Å². The van der Waals surface area contributed by atoms with E-state index in [-0.39, 0.29) is 5.75 Å². The Morgan fingerprint density at radius 1 is 1.24 bits per heavy atom. The molecule has 0 bridgehead atoms. The van der Waals surface area contributed by atoms with Crippen LogP contribution in [0.15, 0.2) is 18.2 Å². The summed E-state index contributed by atoms with van der Waals surface area (Å²) < 4.78 is 5.61. The highest BCUT2D eigenvalue weighted by molar-refractivity contribution is 6.32. The molecule has 0 amide bonds. The van der Waals surface area contributed by atoms with Crippen molar-refractivity contribution in [1.29, 1.82) is 0 Å². The Morgan fingerprint density at radius 2 is 2.00 bits per heavy atom. The van der Waals surface area contributed by atoms with Crippen LogP contribution in [0.3, 0.4) is 0 Å². The van der Waals surface area contributed by atoms with Crippen LogP contribution < -0.4 is 4.74 Å². The molecule has 0 saturated carbocycles. The van der Waals surface area contributed by atoms with E-state index in [2.05, 4.69) is 4.90 Å². The first-order valence-corrected chi connectivity index (χ1v) is 6.47. The maximum Gasteiger partial charge on any atom is 0.134 e. The third-order valence-corrected chi connectivity index (χ3v) is 3.35. The molecular formula is C13H18ClNO2. The van der Waals surface area contributed by atoms with Gasteiger partial charge in [0.2, 0.25) is 0 Å². The Hall–Kier alpha value is -0.930. The fraction of sp³-hybridized carbons (Fsp3) is 0.538. The van der Waals surface area contributed by atoms with Gasteiger partial charge in [-0.2, -0.15) is 0 Å². The minimum Gasteiger partial charge on any atom is -0.506 e. The third kappa shape index (κ3) is 3.79. The first-order chi connectivity index (χ1) is 8.25. The summed E-state index contributed by atoms with van der Waals surface area (Å²) in [7, 11) is 0. The van der Waals surface area contributed by atoms with E-state index < -0.39 is 0 Å². The van der Waals surface area contributed by atoms with Crippen molar-refractivity contribution in [2.75, 3.05) is 26.2 Å². The van der Waals surface area contributed by atoms with Crippen molar-refractivity contribution in [1.82, 2.24) is 4.90 Å². The van der Waals surface area contributed by atoms with Gasteiger partial charge in [0, 0.05) is 12.6 Å².